The number of carbonyl (C=O) groups excluding carboxylic acids is 4. The van der Waals surface area contributed by atoms with Gasteiger partial charge in [-0.2, -0.15) is 5.01 Å². The Morgan fingerprint density at radius 1 is 0.818 bits per heavy atom. The second-order valence-electron chi connectivity index (χ2n) is 14.4. The number of non-ortho nitro benzene ring substituents is 1. The molecule has 0 spiro atoms. The smallest absolute Gasteiger partial charge is 0.269 e. The Morgan fingerprint density at radius 3 is 2.20 bits per heavy atom. The average Bonchev–Trinajstić information content (AvgIpc) is 3.57. The van der Waals surface area contributed by atoms with Gasteiger partial charge >= 0.3 is 0 Å². The van der Waals surface area contributed by atoms with Crippen molar-refractivity contribution in [3.8, 4) is 5.75 Å². The van der Waals surface area contributed by atoms with Gasteiger partial charge in [-0.05, 0) is 89.9 Å². The van der Waals surface area contributed by atoms with E-state index in [2.05, 4.69) is 5.43 Å². The van der Waals surface area contributed by atoms with Crippen LogP contribution in [0.25, 0.3) is 10.8 Å². The maximum Gasteiger partial charge on any atom is 0.269 e. The normalized spacial score (nSPS) is 25.8. The molecule has 2 aliphatic carbocycles. The van der Waals surface area contributed by atoms with Crippen LogP contribution in [-0.2, 0) is 24.6 Å². The number of phenolic OH excluding ortho intramolecular Hbond substituents is 1. The number of aromatic hydroxyl groups is 1. The number of anilines is 2. The highest BCUT2D eigenvalue weighted by atomic mass is 35.5. The standard InChI is InChI=1S/C42H30ClFN4O7/c43-23-7-5-22(6-8-23)42-34(39(51)47(41(42)53)45-25-11-9-24(44)10-12-25)21-33-31(37(42)30-19-20-35(49)29-4-2-1-3-28(29)30)17-18-32-36(33)40(52)46(38(32)50)26-13-15-27(16-14-26)48(54)55/h1-17,19-20,32-34,36-37,45,49H,18,21H2. The number of rotatable bonds is 6. The topological polar surface area (TPSA) is 150 Å². The molecule has 11 nitrogen and oxygen atoms in total. The van der Waals surface area contributed by atoms with E-state index >= 15 is 4.79 Å². The number of carbonyl (C=O) groups is 4. The summed E-state index contributed by atoms with van der Waals surface area (Å²) in [7, 11) is 0. The molecule has 2 aliphatic heterocycles. The number of halogens is 2. The van der Waals surface area contributed by atoms with Gasteiger partial charge in [0.15, 0.2) is 0 Å². The molecule has 3 fully saturated rings. The highest BCUT2D eigenvalue weighted by Gasteiger charge is 2.70. The largest absolute Gasteiger partial charge is 0.507 e. The predicted octanol–water partition coefficient (Wildman–Crippen LogP) is 7.44. The van der Waals surface area contributed by atoms with Gasteiger partial charge in [0, 0.05) is 28.5 Å². The van der Waals surface area contributed by atoms with Crippen LogP contribution in [0.4, 0.5) is 21.5 Å². The van der Waals surface area contributed by atoms with Gasteiger partial charge in [-0.1, -0.05) is 65.7 Å². The van der Waals surface area contributed by atoms with Crippen LogP contribution < -0.4 is 10.3 Å². The first kappa shape index (κ1) is 34.4. The average molecular weight is 757 g/mol. The molecule has 6 unspecified atom stereocenters. The van der Waals surface area contributed by atoms with Crippen molar-refractivity contribution in [2.75, 3.05) is 10.3 Å². The molecule has 4 aliphatic rings. The molecule has 13 heteroatoms. The SMILES string of the molecule is O=C1C2CC3C(=CCC4C(=O)N(c5ccc([N+](=O)[O-])cc5)C(=O)C43)C(c3ccc(O)c4ccccc34)C2(c2ccc(Cl)cc2)C(=O)N1Nc1ccc(F)cc1. The maximum absolute atomic E-state index is 15.4. The lowest BCUT2D eigenvalue weighted by Crippen LogP contribution is -2.53. The van der Waals surface area contributed by atoms with Crippen LogP contribution >= 0.6 is 11.6 Å². The lowest BCUT2D eigenvalue weighted by molar-refractivity contribution is -0.384. The minimum atomic E-state index is -1.60. The highest BCUT2D eigenvalue weighted by molar-refractivity contribution is 6.30. The third-order valence-electron chi connectivity index (χ3n) is 11.8. The molecule has 2 heterocycles. The van der Waals surface area contributed by atoms with Crippen LogP contribution in [-0.4, -0.2) is 38.7 Å². The minimum absolute atomic E-state index is 0.0187. The summed E-state index contributed by atoms with van der Waals surface area (Å²) in [5, 5.41) is 24.9. The monoisotopic (exact) mass is 756 g/mol. The van der Waals surface area contributed by atoms with Gasteiger partial charge in [0.1, 0.15) is 11.6 Å². The molecule has 0 radical (unpaired) electrons. The van der Waals surface area contributed by atoms with Crippen molar-refractivity contribution in [1.29, 1.82) is 0 Å². The molecule has 0 aromatic heterocycles. The van der Waals surface area contributed by atoms with Crippen LogP contribution in [0.15, 0.2) is 121 Å². The molecule has 55 heavy (non-hydrogen) atoms. The predicted molar refractivity (Wildman–Crippen MR) is 200 cm³/mol. The molecule has 5 aromatic rings. The first-order chi connectivity index (χ1) is 26.5. The molecule has 1 saturated carbocycles. The first-order valence-electron chi connectivity index (χ1n) is 17.7. The Balaban J connectivity index is 1.26. The van der Waals surface area contributed by atoms with Crippen LogP contribution in [0.3, 0.4) is 0 Å². The van der Waals surface area contributed by atoms with Crippen molar-refractivity contribution in [2.45, 2.75) is 24.2 Å². The summed E-state index contributed by atoms with van der Waals surface area (Å²) in [4.78, 5) is 70.9. The fourth-order valence-electron chi connectivity index (χ4n) is 9.54. The van der Waals surface area contributed by atoms with Crippen molar-refractivity contribution in [2.24, 2.45) is 23.7 Å². The van der Waals surface area contributed by atoms with Gasteiger partial charge in [0.2, 0.25) is 11.8 Å². The number of allylic oxidation sites excluding steroid dienone is 2. The van der Waals surface area contributed by atoms with Gasteiger partial charge in [-0.15, -0.1) is 0 Å². The number of hydrogen-bond donors (Lipinski definition) is 2. The fourth-order valence-corrected chi connectivity index (χ4v) is 9.66. The third kappa shape index (κ3) is 5.01. The van der Waals surface area contributed by atoms with Crippen LogP contribution in [0.5, 0.6) is 5.75 Å². The third-order valence-corrected chi connectivity index (χ3v) is 12.1. The summed E-state index contributed by atoms with van der Waals surface area (Å²) in [6.45, 7) is 0. The Labute approximate surface area is 317 Å². The number of amides is 4. The summed E-state index contributed by atoms with van der Waals surface area (Å²) in [5.41, 5.74) is 3.49. The molecule has 2 saturated heterocycles. The van der Waals surface area contributed by atoms with E-state index in [1.807, 2.05) is 18.2 Å². The van der Waals surface area contributed by atoms with Crippen molar-refractivity contribution >= 4 is 63.1 Å². The Morgan fingerprint density at radius 2 is 1.51 bits per heavy atom. The number of nitro groups is 1. The van der Waals surface area contributed by atoms with E-state index in [0.29, 0.717) is 38.2 Å². The molecule has 274 valence electrons. The van der Waals surface area contributed by atoms with Crippen molar-refractivity contribution in [1.82, 2.24) is 5.01 Å². The second kappa shape index (κ2) is 12.6. The Kier molecular flexibility index (Phi) is 7.87. The number of hydrogen-bond acceptors (Lipinski definition) is 8. The quantitative estimate of drug-likeness (QED) is 0.0786. The molecular weight excluding hydrogens is 727 g/mol. The molecule has 6 atom stereocenters. The van der Waals surface area contributed by atoms with Crippen molar-refractivity contribution in [3.63, 3.8) is 0 Å². The number of hydrazine groups is 1. The maximum atomic E-state index is 15.4. The second-order valence-corrected chi connectivity index (χ2v) is 14.8. The number of benzene rings is 5. The zero-order chi connectivity index (χ0) is 38.3. The van der Waals surface area contributed by atoms with E-state index in [9.17, 15) is 34.0 Å². The Bertz CT molecular complexity index is 2510. The van der Waals surface area contributed by atoms with E-state index in [0.717, 1.165) is 9.91 Å². The zero-order valence-corrected chi connectivity index (χ0v) is 29.5. The number of phenols is 1. The minimum Gasteiger partial charge on any atom is -0.507 e. The van der Waals surface area contributed by atoms with E-state index in [1.165, 1.54) is 48.5 Å². The lowest BCUT2D eigenvalue weighted by Gasteiger charge is -2.51. The lowest BCUT2D eigenvalue weighted by atomic mass is 9.49. The molecule has 4 amide bonds. The van der Waals surface area contributed by atoms with Gasteiger partial charge in [0.05, 0.1) is 39.5 Å². The van der Waals surface area contributed by atoms with Gasteiger partial charge in [-0.3, -0.25) is 39.6 Å². The summed E-state index contributed by atoms with van der Waals surface area (Å²) in [5.74, 6) is -6.87. The zero-order valence-electron chi connectivity index (χ0n) is 28.8. The van der Waals surface area contributed by atoms with Crippen LogP contribution in [0.1, 0.15) is 29.9 Å². The molecular formula is C42H30ClFN4O7. The van der Waals surface area contributed by atoms with Crippen molar-refractivity contribution < 1.29 is 33.6 Å². The highest BCUT2D eigenvalue weighted by Crippen LogP contribution is 2.65. The summed E-state index contributed by atoms with van der Waals surface area (Å²) in [6.07, 6.45) is 2.11. The molecule has 5 aromatic carbocycles. The fraction of sp³-hybridized carbons (Fsp3) is 0.190. The number of imide groups is 2. The van der Waals surface area contributed by atoms with E-state index < -0.39 is 69.4 Å². The van der Waals surface area contributed by atoms with Gasteiger partial charge in [0.25, 0.3) is 17.5 Å². The van der Waals surface area contributed by atoms with Crippen LogP contribution in [0, 0.1) is 39.6 Å². The number of nitrogens with zero attached hydrogens (tertiary/aromatic N) is 3. The van der Waals surface area contributed by atoms with Crippen molar-refractivity contribution in [3.05, 3.63) is 153 Å². The number of nitrogens with one attached hydrogen (secondary N) is 1. The molecule has 0 bridgehead atoms. The first-order valence-corrected chi connectivity index (χ1v) is 18.1. The Hall–Kier alpha value is -6.40. The van der Waals surface area contributed by atoms with Crippen LogP contribution in [0.2, 0.25) is 5.02 Å². The van der Waals surface area contributed by atoms with E-state index in [1.54, 1.807) is 48.5 Å². The van der Waals surface area contributed by atoms with Gasteiger partial charge in [-0.25, -0.2) is 4.39 Å². The summed E-state index contributed by atoms with van der Waals surface area (Å²) in [6, 6.07) is 27.7. The summed E-state index contributed by atoms with van der Waals surface area (Å²) < 4.78 is 13.9. The van der Waals surface area contributed by atoms with Gasteiger partial charge < -0.3 is 5.11 Å². The number of fused-ring (bicyclic) bond motifs is 5. The van der Waals surface area contributed by atoms with E-state index in [-0.39, 0.29) is 30.0 Å². The van der Waals surface area contributed by atoms with E-state index in [4.69, 9.17) is 11.6 Å². The molecule has 2 N–H and O–H groups in total. The molecule has 9 rings (SSSR count). The summed E-state index contributed by atoms with van der Waals surface area (Å²) >= 11 is 6.39. The number of nitro benzene ring substituents is 1.